The zero-order valence-electron chi connectivity index (χ0n) is 34.5. The maximum Gasteiger partial charge on any atom is 0 e. The number of hydrogen-bond donors (Lipinski definition) is 0. The second kappa shape index (κ2) is 15.4. The fourth-order valence-corrected chi connectivity index (χ4v) is 8.44. The largest absolute Gasteiger partial charge is 0 e. The van der Waals surface area contributed by atoms with Crippen LogP contribution in [0.15, 0.2) is 83.5 Å². The molecule has 0 aliphatic rings. The zero-order valence-corrected chi connectivity index (χ0v) is 33.0. The third-order valence-corrected chi connectivity index (χ3v) is 12.0. The molecule has 6 aromatic rings. The van der Waals surface area contributed by atoms with Gasteiger partial charge in [-0.1, -0.05) is 36.4 Å². The molecule has 0 spiro atoms. The maximum atomic E-state index is 8.76. The average molecular weight is 869 g/mol. The second-order valence-corrected chi connectivity index (χ2v) is 24.1. The number of benzene rings is 2. The van der Waals surface area contributed by atoms with Crippen molar-refractivity contribution >= 4 is 39.7 Å². The summed E-state index contributed by atoms with van der Waals surface area (Å²) in [6.07, 6.45) is 3.61. The van der Waals surface area contributed by atoms with E-state index in [2.05, 4.69) is 44.4 Å². The Morgan fingerprint density at radius 3 is 2.38 bits per heavy atom. The summed E-state index contributed by atoms with van der Waals surface area (Å²) in [5.74, 6) is 6.18. The maximum absolute atomic E-state index is 8.76. The van der Waals surface area contributed by atoms with Gasteiger partial charge in [0.25, 0.3) is 0 Å². The first kappa shape index (κ1) is 28.9. The van der Waals surface area contributed by atoms with Gasteiger partial charge in [0.2, 0.25) is 5.71 Å². The van der Waals surface area contributed by atoms with Gasteiger partial charge in [0.15, 0.2) is 0 Å². The van der Waals surface area contributed by atoms with Crippen molar-refractivity contribution in [2.75, 3.05) is 0 Å². The Kier molecular flexibility index (Phi) is 9.46. The molecular formula is C41H47GeIrN3O-2. The van der Waals surface area contributed by atoms with E-state index in [-0.39, 0.29) is 31.5 Å². The van der Waals surface area contributed by atoms with E-state index in [0.717, 1.165) is 37.6 Å². The van der Waals surface area contributed by atoms with E-state index in [1.807, 2.05) is 89.3 Å². The number of aromatic nitrogens is 3. The molecule has 4 aromatic heterocycles. The van der Waals surface area contributed by atoms with Crippen LogP contribution < -0.4 is 4.40 Å². The minimum atomic E-state index is -2.30. The molecule has 4 nitrogen and oxygen atoms in total. The fraction of sp³-hybridized carbons (Fsp3) is 0.341. The van der Waals surface area contributed by atoms with E-state index in [1.165, 1.54) is 6.07 Å². The van der Waals surface area contributed by atoms with Gasteiger partial charge in [0, 0.05) is 42.9 Å². The molecule has 0 unspecified atom stereocenters. The minimum Gasteiger partial charge on any atom is 0 e. The van der Waals surface area contributed by atoms with E-state index in [9.17, 15) is 0 Å². The topological polar surface area (TPSA) is 51.8 Å². The minimum absolute atomic E-state index is 0. The Morgan fingerprint density at radius 2 is 1.72 bits per heavy atom. The molecule has 6 rings (SSSR count). The predicted octanol–water partition coefficient (Wildman–Crippen LogP) is 10.7. The van der Waals surface area contributed by atoms with E-state index in [4.69, 9.17) is 12.6 Å². The Hall–Kier alpha value is -3.12. The van der Waals surface area contributed by atoms with Crippen LogP contribution in [0.1, 0.15) is 78.4 Å². The number of fused-ring (bicyclic) bond motifs is 3. The van der Waals surface area contributed by atoms with Crippen molar-refractivity contribution in [3.05, 3.63) is 108 Å². The Bertz CT molecular complexity index is 2190. The van der Waals surface area contributed by atoms with E-state index < -0.39 is 37.8 Å². The van der Waals surface area contributed by atoms with Gasteiger partial charge in [0.1, 0.15) is 0 Å². The summed E-state index contributed by atoms with van der Waals surface area (Å²) in [6.45, 7) is 7.60. The number of furan rings is 1. The van der Waals surface area contributed by atoms with Crippen LogP contribution >= 0.6 is 0 Å². The number of hydrogen-bond acceptors (Lipinski definition) is 4. The van der Waals surface area contributed by atoms with Crippen LogP contribution in [0.4, 0.5) is 0 Å². The standard InChI is InChI=1S/C22H21N2O.C19H26GeN.Ir/c1-4-15(5-2)16-11-12-23-20(13-16)19-8-6-7-17-18-10-9-14(3)24-22(18)25-21(17)19;1-19(2,3)13-16-12-18(15-10-8-7-9-11-15)21-14-17(16)20(4,5)6;/h6-7,9-13,15H,4-5H2,1-3H3;7-10,12,14H,13H2,1-6H3;/q2*-1;/i3D3,15D;13D2;. The van der Waals surface area contributed by atoms with Crippen molar-refractivity contribution in [1.82, 2.24) is 15.0 Å². The van der Waals surface area contributed by atoms with Crippen LogP contribution in [-0.2, 0) is 26.5 Å². The first-order chi connectivity index (χ1) is 24.2. The van der Waals surface area contributed by atoms with Crippen molar-refractivity contribution in [3.8, 4) is 22.5 Å². The van der Waals surface area contributed by atoms with Crippen molar-refractivity contribution in [2.24, 2.45) is 5.41 Å². The van der Waals surface area contributed by atoms with Crippen molar-refractivity contribution in [2.45, 2.75) is 83.8 Å². The first-order valence-electron chi connectivity index (χ1n) is 18.9. The molecule has 1 radical (unpaired) electrons. The molecule has 4 heterocycles. The number of aryl methyl sites for hydroxylation is 1. The van der Waals surface area contributed by atoms with Gasteiger partial charge in [-0.3, -0.25) is 0 Å². The van der Waals surface area contributed by atoms with Gasteiger partial charge in [-0.2, -0.15) is 0 Å². The van der Waals surface area contributed by atoms with E-state index in [1.54, 1.807) is 18.3 Å². The second-order valence-electron chi connectivity index (χ2n) is 13.5. The zero-order chi connectivity index (χ0) is 38.3. The molecule has 0 saturated carbocycles. The molecule has 0 saturated heterocycles. The fourth-order valence-electron chi connectivity index (χ4n) is 5.52. The summed E-state index contributed by atoms with van der Waals surface area (Å²) >= 11 is -2.24. The van der Waals surface area contributed by atoms with E-state index >= 15 is 0 Å². The van der Waals surface area contributed by atoms with Crippen LogP contribution in [-0.4, -0.2) is 28.2 Å². The normalized spacial score (nSPS) is 14.5. The number of rotatable bonds is 7. The molecule has 2 aromatic carbocycles. The molecule has 0 aliphatic carbocycles. The summed E-state index contributed by atoms with van der Waals surface area (Å²) in [6, 6.07) is 26.8. The molecule has 247 valence electrons. The molecular weight excluding hydrogens is 815 g/mol. The molecule has 47 heavy (non-hydrogen) atoms. The summed E-state index contributed by atoms with van der Waals surface area (Å²) < 4.78 is 56.1. The van der Waals surface area contributed by atoms with Gasteiger partial charge >= 0.3 is 135 Å². The van der Waals surface area contributed by atoms with Crippen LogP contribution in [0, 0.1) is 24.4 Å². The smallest absolute Gasteiger partial charge is 0 e. The monoisotopic (exact) mass is 870 g/mol. The molecule has 0 bridgehead atoms. The van der Waals surface area contributed by atoms with Crippen LogP contribution in [0.3, 0.4) is 0 Å². The van der Waals surface area contributed by atoms with Gasteiger partial charge < -0.3 is 9.40 Å². The summed E-state index contributed by atoms with van der Waals surface area (Å²) in [5, 5.41) is 1.57. The summed E-state index contributed by atoms with van der Waals surface area (Å²) in [5.41, 5.74) is 5.11. The van der Waals surface area contributed by atoms with Gasteiger partial charge in [-0.05, 0) is 49.5 Å². The average Bonchev–Trinajstić information content (AvgIpc) is 3.49. The summed E-state index contributed by atoms with van der Waals surface area (Å²) in [4.78, 5) is 13.3. The molecule has 6 heteroatoms. The van der Waals surface area contributed by atoms with Crippen molar-refractivity contribution < 1.29 is 32.7 Å². The van der Waals surface area contributed by atoms with Gasteiger partial charge in [0.05, 0.1) is 5.58 Å². The Labute approximate surface area is 306 Å². The number of nitrogens with zero attached hydrogens (tertiary/aromatic N) is 3. The van der Waals surface area contributed by atoms with Crippen LogP contribution in [0.5, 0.6) is 0 Å². The molecule has 0 aliphatic heterocycles. The van der Waals surface area contributed by atoms with Crippen molar-refractivity contribution in [3.63, 3.8) is 0 Å². The van der Waals surface area contributed by atoms with Gasteiger partial charge in [-0.15, -0.1) is 18.2 Å². The molecule has 0 atom stereocenters. The quantitative estimate of drug-likeness (QED) is 0.118. The third-order valence-electron chi connectivity index (χ3n) is 7.78. The molecule has 0 fully saturated rings. The van der Waals surface area contributed by atoms with E-state index in [0.29, 0.717) is 29.7 Å². The van der Waals surface area contributed by atoms with Crippen LogP contribution in [0.2, 0.25) is 17.3 Å². The Balaban J connectivity index is 0.000000239. The first-order valence-corrected chi connectivity index (χ1v) is 23.2. The van der Waals surface area contributed by atoms with Crippen LogP contribution in [0.25, 0.3) is 44.6 Å². The van der Waals surface area contributed by atoms with Gasteiger partial charge in [-0.25, -0.2) is 4.98 Å². The SMILES string of the molecule is [2H]C([2H])([2H])c1ccc2c(n1)oc1c(-c3cc(C([2H])(CC)CC)ccn3)[c-]ccc12.[2H]C([2H])(c1cc(-c2[c-]cccc2)nc[c]1[Ge]([CH3])([CH3])[CH3])C(C)(C)C.[Ir]. The molecule has 0 amide bonds. The van der Waals surface area contributed by atoms with Crippen molar-refractivity contribution in [1.29, 1.82) is 0 Å². The number of pyridine rings is 3. The third kappa shape index (κ3) is 8.87. The summed E-state index contributed by atoms with van der Waals surface area (Å²) in [7, 11) is 0. The Morgan fingerprint density at radius 1 is 0.936 bits per heavy atom. The molecule has 0 N–H and O–H groups in total. The predicted molar refractivity (Wildman–Crippen MR) is 196 cm³/mol.